The van der Waals surface area contributed by atoms with Gasteiger partial charge in [0.15, 0.2) is 5.82 Å². The van der Waals surface area contributed by atoms with E-state index in [-0.39, 0.29) is 0 Å². The molecule has 1 aromatic heterocycles. The van der Waals surface area contributed by atoms with Gasteiger partial charge in [0.25, 0.3) is 0 Å². The lowest BCUT2D eigenvalue weighted by Gasteiger charge is -2.20. The van der Waals surface area contributed by atoms with Crippen molar-refractivity contribution >= 4 is 11.5 Å². The molecule has 0 saturated carbocycles. The first-order valence-electron chi connectivity index (χ1n) is 5.78. The third-order valence-corrected chi connectivity index (χ3v) is 2.84. The molecule has 1 heterocycles. The van der Waals surface area contributed by atoms with Crippen molar-refractivity contribution in [2.45, 2.75) is 6.92 Å². The van der Waals surface area contributed by atoms with Gasteiger partial charge in [0, 0.05) is 12.7 Å². The number of rotatable bonds is 2. The Morgan fingerprint density at radius 2 is 1.68 bits per heavy atom. The van der Waals surface area contributed by atoms with Crippen LogP contribution in [0.1, 0.15) is 16.8 Å². The van der Waals surface area contributed by atoms with Crippen LogP contribution < -0.4 is 4.90 Å². The number of pyridine rings is 1. The van der Waals surface area contributed by atoms with Crippen molar-refractivity contribution in [3.8, 4) is 12.1 Å². The van der Waals surface area contributed by atoms with Crippen molar-refractivity contribution in [1.29, 1.82) is 10.5 Å². The minimum absolute atomic E-state index is 0.487. The maximum Gasteiger partial charge on any atom is 0.151 e. The van der Waals surface area contributed by atoms with E-state index in [1.54, 1.807) is 30.1 Å². The summed E-state index contributed by atoms with van der Waals surface area (Å²) in [7, 11) is 1.80. The van der Waals surface area contributed by atoms with Gasteiger partial charge in [-0.3, -0.25) is 0 Å². The van der Waals surface area contributed by atoms with Crippen LogP contribution in [0.2, 0.25) is 0 Å². The lowest BCUT2D eigenvalue weighted by molar-refractivity contribution is 1.08. The number of anilines is 2. The van der Waals surface area contributed by atoms with Gasteiger partial charge in [-0.2, -0.15) is 10.5 Å². The Morgan fingerprint density at radius 3 is 2.37 bits per heavy atom. The van der Waals surface area contributed by atoms with Crippen LogP contribution >= 0.6 is 0 Å². The Hall–Kier alpha value is -2.85. The second-order valence-electron chi connectivity index (χ2n) is 4.12. The van der Waals surface area contributed by atoms with Crippen molar-refractivity contribution < 1.29 is 0 Å². The fourth-order valence-electron chi connectivity index (χ4n) is 1.86. The van der Waals surface area contributed by atoms with E-state index < -0.39 is 0 Å². The number of hydrogen-bond donors (Lipinski definition) is 0. The minimum Gasteiger partial charge on any atom is -0.327 e. The largest absolute Gasteiger partial charge is 0.327 e. The van der Waals surface area contributed by atoms with Crippen LogP contribution in [0.15, 0.2) is 36.4 Å². The van der Waals surface area contributed by atoms with Gasteiger partial charge in [0.1, 0.15) is 12.1 Å². The summed E-state index contributed by atoms with van der Waals surface area (Å²) in [5.41, 5.74) is 2.60. The van der Waals surface area contributed by atoms with Gasteiger partial charge in [-0.05, 0) is 31.2 Å². The van der Waals surface area contributed by atoms with Crippen LogP contribution in [0.5, 0.6) is 0 Å². The van der Waals surface area contributed by atoms with Gasteiger partial charge in [-0.1, -0.05) is 12.1 Å². The van der Waals surface area contributed by atoms with Crippen LogP contribution in [0.25, 0.3) is 0 Å². The second-order valence-corrected chi connectivity index (χ2v) is 4.12. The van der Waals surface area contributed by atoms with Crippen molar-refractivity contribution in [1.82, 2.24) is 4.98 Å². The fraction of sp³-hybridized carbons (Fsp3) is 0.133. The third kappa shape index (κ3) is 2.38. The maximum atomic E-state index is 9.15. The zero-order valence-electron chi connectivity index (χ0n) is 10.8. The Labute approximate surface area is 112 Å². The molecule has 0 radical (unpaired) electrons. The second kappa shape index (κ2) is 5.20. The maximum absolute atomic E-state index is 9.15. The average molecular weight is 248 g/mol. The monoisotopic (exact) mass is 248 g/mol. The average Bonchev–Trinajstić information content (AvgIpc) is 2.46. The van der Waals surface area contributed by atoms with E-state index in [2.05, 4.69) is 17.1 Å². The van der Waals surface area contributed by atoms with E-state index in [4.69, 9.17) is 10.5 Å². The zero-order valence-corrected chi connectivity index (χ0v) is 10.8. The summed E-state index contributed by atoms with van der Waals surface area (Å²) in [6.45, 7) is 1.87. The van der Waals surface area contributed by atoms with Gasteiger partial charge in [0.05, 0.1) is 16.8 Å². The van der Waals surface area contributed by atoms with Crippen molar-refractivity contribution in [3.05, 3.63) is 53.2 Å². The molecule has 0 fully saturated rings. The predicted octanol–water partition coefficient (Wildman–Crippen LogP) is 2.90. The normalized spacial score (nSPS) is 9.47. The molecule has 0 aliphatic rings. The summed E-state index contributed by atoms with van der Waals surface area (Å²) >= 11 is 0. The third-order valence-electron chi connectivity index (χ3n) is 2.84. The molecule has 0 bridgehead atoms. The Morgan fingerprint density at radius 1 is 1.00 bits per heavy atom. The molecule has 92 valence electrons. The van der Waals surface area contributed by atoms with Gasteiger partial charge in [-0.15, -0.1) is 0 Å². The molecular formula is C15H12N4. The lowest BCUT2D eigenvalue weighted by Crippen LogP contribution is -2.14. The van der Waals surface area contributed by atoms with E-state index in [0.717, 1.165) is 11.4 Å². The highest BCUT2D eigenvalue weighted by Crippen LogP contribution is 2.27. The summed E-state index contributed by atoms with van der Waals surface area (Å²) < 4.78 is 0. The predicted molar refractivity (Wildman–Crippen MR) is 72.9 cm³/mol. The molecule has 0 aliphatic heterocycles. The number of aromatic nitrogens is 1. The Bertz CT molecular complexity index is 692. The molecule has 0 aliphatic carbocycles. The standard InChI is InChI=1S/C15H12N4/c1-11-7-8-13(10-17)15(18-11)19(2)14-6-4-3-5-12(14)9-16/h3-8H,1-2H3. The number of nitriles is 2. The number of nitrogens with zero attached hydrogens (tertiary/aromatic N) is 4. The molecule has 4 nitrogen and oxygen atoms in total. The Balaban J connectivity index is 2.57. The molecule has 0 atom stereocenters. The van der Waals surface area contributed by atoms with Crippen LogP contribution in [-0.2, 0) is 0 Å². The molecule has 0 saturated heterocycles. The van der Waals surface area contributed by atoms with E-state index in [0.29, 0.717) is 16.9 Å². The van der Waals surface area contributed by atoms with Gasteiger partial charge in [0.2, 0.25) is 0 Å². The summed E-state index contributed by atoms with van der Waals surface area (Å²) in [5, 5.41) is 18.3. The number of aryl methyl sites for hydroxylation is 1. The molecule has 0 N–H and O–H groups in total. The first-order valence-corrected chi connectivity index (χ1v) is 5.78. The summed E-state index contributed by atoms with van der Waals surface area (Å²) in [6.07, 6.45) is 0. The highest BCUT2D eigenvalue weighted by molar-refractivity contribution is 5.70. The molecular weight excluding hydrogens is 236 g/mol. The highest BCUT2D eigenvalue weighted by Gasteiger charge is 2.14. The quantitative estimate of drug-likeness (QED) is 0.819. The molecule has 2 aromatic rings. The van der Waals surface area contributed by atoms with E-state index >= 15 is 0 Å². The Kier molecular flexibility index (Phi) is 3.45. The van der Waals surface area contributed by atoms with Gasteiger partial charge in [-0.25, -0.2) is 4.98 Å². The van der Waals surface area contributed by atoms with E-state index in [1.807, 2.05) is 25.1 Å². The molecule has 4 heteroatoms. The number of benzene rings is 1. The SMILES string of the molecule is Cc1ccc(C#N)c(N(C)c2ccccc2C#N)n1. The van der Waals surface area contributed by atoms with Gasteiger partial charge < -0.3 is 4.90 Å². The summed E-state index contributed by atoms with van der Waals surface area (Å²) in [4.78, 5) is 6.16. The van der Waals surface area contributed by atoms with E-state index in [1.165, 1.54) is 0 Å². The molecule has 0 amide bonds. The highest BCUT2D eigenvalue weighted by atomic mass is 15.2. The number of para-hydroxylation sites is 1. The zero-order chi connectivity index (χ0) is 13.8. The first kappa shape index (κ1) is 12.6. The minimum atomic E-state index is 0.487. The smallest absolute Gasteiger partial charge is 0.151 e. The molecule has 0 unspecified atom stereocenters. The lowest BCUT2D eigenvalue weighted by atomic mass is 10.1. The topological polar surface area (TPSA) is 63.7 Å². The summed E-state index contributed by atoms with van der Waals surface area (Å²) in [5.74, 6) is 0.560. The molecule has 1 aromatic carbocycles. The summed E-state index contributed by atoms with van der Waals surface area (Å²) in [6, 6.07) is 15.1. The van der Waals surface area contributed by atoms with Crippen LogP contribution in [0.4, 0.5) is 11.5 Å². The van der Waals surface area contributed by atoms with Gasteiger partial charge >= 0.3 is 0 Å². The number of hydrogen-bond acceptors (Lipinski definition) is 4. The van der Waals surface area contributed by atoms with Crippen LogP contribution in [0.3, 0.4) is 0 Å². The van der Waals surface area contributed by atoms with Crippen molar-refractivity contribution in [2.75, 3.05) is 11.9 Å². The van der Waals surface area contributed by atoms with Crippen molar-refractivity contribution in [2.24, 2.45) is 0 Å². The molecule has 19 heavy (non-hydrogen) atoms. The molecule has 2 rings (SSSR count). The molecule has 0 spiro atoms. The fourth-order valence-corrected chi connectivity index (χ4v) is 1.86. The van der Waals surface area contributed by atoms with E-state index in [9.17, 15) is 0 Å². The van der Waals surface area contributed by atoms with Crippen LogP contribution in [-0.4, -0.2) is 12.0 Å². The van der Waals surface area contributed by atoms with Crippen molar-refractivity contribution in [3.63, 3.8) is 0 Å². The van der Waals surface area contributed by atoms with Crippen LogP contribution in [0, 0.1) is 29.6 Å². The first-order chi connectivity index (χ1) is 9.17.